The number of nitrogens with zero attached hydrogens (tertiary/aromatic N) is 2. The molecule has 124 valence electrons. The molecule has 0 aliphatic rings. The lowest BCUT2D eigenvalue weighted by Crippen LogP contribution is -3.08. The Hall–Kier alpha value is -1.56. The van der Waals surface area contributed by atoms with E-state index < -0.39 is 0 Å². The van der Waals surface area contributed by atoms with Crippen molar-refractivity contribution in [3.05, 3.63) is 45.2 Å². The number of likely N-dealkylation sites (N-methyl/N-ethyl adjacent to an activating group) is 1. The molecule has 2 aromatic rings. The van der Waals surface area contributed by atoms with E-state index in [9.17, 15) is 4.79 Å². The van der Waals surface area contributed by atoms with E-state index in [2.05, 4.69) is 10.4 Å². The summed E-state index contributed by atoms with van der Waals surface area (Å²) in [5, 5.41) is 8.47. The van der Waals surface area contributed by atoms with Gasteiger partial charge in [-0.15, -0.1) is 0 Å². The maximum atomic E-state index is 12.2. The number of halogens is 2. The van der Waals surface area contributed by atoms with Crippen LogP contribution in [0.4, 0.5) is 5.69 Å². The summed E-state index contributed by atoms with van der Waals surface area (Å²) in [6.45, 7) is 4.80. The first-order chi connectivity index (χ1) is 10.8. The highest BCUT2D eigenvalue weighted by Crippen LogP contribution is 2.20. The molecule has 0 spiro atoms. The Kier molecular flexibility index (Phi) is 5.68. The molecule has 0 radical (unpaired) electrons. The molecular weight excluding hydrogens is 335 g/mol. The third-order valence-corrected chi connectivity index (χ3v) is 4.33. The van der Waals surface area contributed by atoms with Gasteiger partial charge in [0.15, 0.2) is 6.54 Å². The number of carbonyl (C=O) groups excluding carboxylic acids is 1. The van der Waals surface area contributed by atoms with Crippen molar-refractivity contribution in [3.63, 3.8) is 0 Å². The van der Waals surface area contributed by atoms with Crippen LogP contribution in [0.3, 0.4) is 0 Å². The van der Waals surface area contributed by atoms with Crippen LogP contribution >= 0.6 is 23.2 Å². The number of aryl methyl sites for hydroxylation is 2. The zero-order chi connectivity index (χ0) is 17.1. The van der Waals surface area contributed by atoms with Crippen LogP contribution in [0.2, 0.25) is 10.0 Å². The van der Waals surface area contributed by atoms with Crippen LogP contribution in [0, 0.1) is 13.8 Å². The lowest BCUT2D eigenvalue weighted by molar-refractivity contribution is -0.885. The summed E-state index contributed by atoms with van der Waals surface area (Å²) >= 11 is 12.1. The maximum absolute atomic E-state index is 12.2. The number of hydrogen-bond acceptors (Lipinski definition) is 2. The summed E-state index contributed by atoms with van der Waals surface area (Å²) in [7, 11) is 3.81. The summed E-state index contributed by atoms with van der Waals surface area (Å²) in [6, 6.07) is 5.41. The van der Waals surface area contributed by atoms with Gasteiger partial charge >= 0.3 is 0 Å². The van der Waals surface area contributed by atoms with E-state index >= 15 is 0 Å². The summed E-state index contributed by atoms with van der Waals surface area (Å²) in [6.07, 6.45) is 0. The molecule has 0 aliphatic carbocycles. The zero-order valence-electron chi connectivity index (χ0n) is 13.7. The molecule has 2 N–H and O–H groups in total. The van der Waals surface area contributed by atoms with Crippen molar-refractivity contribution < 1.29 is 9.69 Å². The van der Waals surface area contributed by atoms with Crippen LogP contribution < -0.4 is 10.2 Å². The van der Waals surface area contributed by atoms with Crippen molar-refractivity contribution in [1.82, 2.24) is 9.78 Å². The number of anilines is 1. The van der Waals surface area contributed by atoms with Crippen molar-refractivity contribution in [2.45, 2.75) is 20.4 Å². The predicted molar refractivity (Wildman–Crippen MR) is 93.2 cm³/mol. The van der Waals surface area contributed by atoms with Crippen LogP contribution in [0.5, 0.6) is 0 Å². The van der Waals surface area contributed by atoms with Gasteiger partial charge in [0.2, 0.25) is 0 Å². The second kappa shape index (κ2) is 7.34. The lowest BCUT2D eigenvalue weighted by Gasteiger charge is -2.15. The third kappa shape index (κ3) is 4.47. The van der Waals surface area contributed by atoms with Gasteiger partial charge in [-0.25, -0.2) is 0 Å². The molecule has 0 aliphatic heterocycles. The SMILES string of the molecule is Cc1nn(C)c(C)c1NC(=O)C[NH+](C)Cc1ccc(Cl)cc1Cl. The Labute approximate surface area is 146 Å². The topological polar surface area (TPSA) is 51.4 Å². The molecule has 1 aromatic carbocycles. The van der Waals surface area contributed by atoms with Crippen LogP contribution in [0.1, 0.15) is 17.0 Å². The monoisotopic (exact) mass is 355 g/mol. The molecule has 7 heteroatoms. The van der Waals surface area contributed by atoms with Crippen LogP contribution in [-0.2, 0) is 18.4 Å². The minimum absolute atomic E-state index is 0.0493. The first kappa shape index (κ1) is 17.8. The second-order valence-electron chi connectivity index (χ2n) is 5.76. The van der Waals surface area contributed by atoms with Crippen LogP contribution in [0.25, 0.3) is 0 Å². The van der Waals surface area contributed by atoms with E-state index in [1.165, 1.54) is 0 Å². The van der Waals surface area contributed by atoms with E-state index in [4.69, 9.17) is 23.2 Å². The van der Waals surface area contributed by atoms with E-state index in [-0.39, 0.29) is 5.91 Å². The fourth-order valence-corrected chi connectivity index (χ4v) is 2.94. The Morgan fingerprint density at radius 3 is 2.61 bits per heavy atom. The Morgan fingerprint density at radius 2 is 2.04 bits per heavy atom. The minimum Gasteiger partial charge on any atom is -0.326 e. The summed E-state index contributed by atoms with van der Waals surface area (Å²) in [4.78, 5) is 13.3. The first-order valence-electron chi connectivity index (χ1n) is 7.33. The van der Waals surface area contributed by atoms with Gasteiger partial charge in [0.05, 0.1) is 29.1 Å². The Balaban J connectivity index is 1.97. The highest BCUT2D eigenvalue weighted by atomic mass is 35.5. The van der Waals surface area contributed by atoms with E-state index in [0.717, 1.165) is 27.5 Å². The molecule has 1 heterocycles. The quantitative estimate of drug-likeness (QED) is 0.861. The van der Waals surface area contributed by atoms with Gasteiger partial charge in [0.25, 0.3) is 5.91 Å². The molecule has 0 fully saturated rings. The molecule has 23 heavy (non-hydrogen) atoms. The number of rotatable bonds is 5. The van der Waals surface area contributed by atoms with Crippen molar-refractivity contribution in [3.8, 4) is 0 Å². The fraction of sp³-hybridized carbons (Fsp3) is 0.375. The summed E-state index contributed by atoms with van der Waals surface area (Å²) in [5.74, 6) is -0.0493. The molecule has 0 saturated carbocycles. The number of aromatic nitrogens is 2. The fourth-order valence-electron chi connectivity index (χ4n) is 2.46. The molecule has 1 atom stereocenters. The summed E-state index contributed by atoms with van der Waals surface area (Å²) in [5.41, 5.74) is 3.51. The first-order valence-corrected chi connectivity index (χ1v) is 8.08. The number of carbonyl (C=O) groups is 1. The van der Waals surface area contributed by atoms with Crippen molar-refractivity contribution in [2.75, 3.05) is 18.9 Å². The number of nitrogens with one attached hydrogen (secondary N) is 2. The molecule has 1 amide bonds. The zero-order valence-corrected chi connectivity index (χ0v) is 15.2. The molecule has 2 rings (SSSR count). The van der Waals surface area contributed by atoms with Crippen molar-refractivity contribution in [2.24, 2.45) is 7.05 Å². The third-order valence-electron chi connectivity index (χ3n) is 3.74. The van der Waals surface area contributed by atoms with Crippen molar-refractivity contribution in [1.29, 1.82) is 0 Å². The number of quaternary nitrogens is 1. The molecule has 1 unspecified atom stereocenters. The average molecular weight is 356 g/mol. The van der Waals surface area contributed by atoms with Gasteiger partial charge in [0, 0.05) is 17.6 Å². The van der Waals surface area contributed by atoms with Gasteiger partial charge in [0.1, 0.15) is 6.54 Å². The highest BCUT2D eigenvalue weighted by molar-refractivity contribution is 6.35. The van der Waals surface area contributed by atoms with Crippen molar-refractivity contribution >= 4 is 34.8 Å². The van der Waals surface area contributed by atoms with Gasteiger partial charge in [-0.1, -0.05) is 29.3 Å². The largest absolute Gasteiger partial charge is 0.326 e. The Morgan fingerprint density at radius 1 is 1.35 bits per heavy atom. The van der Waals surface area contributed by atoms with Gasteiger partial charge < -0.3 is 10.2 Å². The lowest BCUT2D eigenvalue weighted by atomic mass is 10.2. The molecule has 0 saturated heterocycles. The van der Waals surface area contributed by atoms with E-state index in [1.54, 1.807) is 16.8 Å². The standard InChI is InChI=1S/C16H20Cl2N4O/c1-10-16(11(2)22(4)20-10)19-15(23)9-21(3)8-12-5-6-13(17)7-14(12)18/h5-7H,8-9H2,1-4H3,(H,19,23)/p+1. The smallest absolute Gasteiger partial charge is 0.279 e. The molecule has 0 bridgehead atoms. The molecule has 1 aromatic heterocycles. The number of hydrogen-bond donors (Lipinski definition) is 2. The maximum Gasteiger partial charge on any atom is 0.279 e. The van der Waals surface area contributed by atoms with E-state index in [0.29, 0.717) is 23.1 Å². The average Bonchev–Trinajstić information content (AvgIpc) is 2.68. The van der Waals surface area contributed by atoms with Crippen LogP contribution in [0.15, 0.2) is 18.2 Å². The predicted octanol–water partition coefficient (Wildman–Crippen LogP) is 2.00. The normalized spacial score (nSPS) is 12.3. The Bertz CT molecular complexity index is 727. The molecule has 5 nitrogen and oxygen atoms in total. The number of benzene rings is 1. The molecular formula is C16H21Cl2N4O+. The number of amides is 1. The summed E-state index contributed by atoms with van der Waals surface area (Å²) < 4.78 is 1.76. The van der Waals surface area contributed by atoms with E-state index in [1.807, 2.05) is 34.0 Å². The van der Waals surface area contributed by atoms with Gasteiger partial charge in [-0.2, -0.15) is 5.10 Å². The van der Waals surface area contributed by atoms with Gasteiger partial charge in [-0.05, 0) is 26.0 Å². The van der Waals surface area contributed by atoms with Crippen LogP contribution in [-0.4, -0.2) is 29.3 Å². The second-order valence-corrected chi connectivity index (χ2v) is 6.61. The highest BCUT2D eigenvalue weighted by Gasteiger charge is 2.16. The minimum atomic E-state index is -0.0493. The van der Waals surface area contributed by atoms with Gasteiger partial charge in [-0.3, -0.25) is 9.48 Å².